The monoisotopic (exact) mass is 654 g/mol. The summed E-state index contributed by atoms with van der Waals surface area (Å²) in [4.78, 5) is 21.2. The number of hydrogen-bond donors (Lipinski definition) is 2. The third kappa shape index (κ3) is 7.08. The van der Waals surface area contributed by atoms with Gasteiger partial charge in [-0.1, -0.05) is 5.16 Å². The Morgan fingerprint density at radius 2 is 1.86 bits per heavy atom. The second kappa shape index (κ2) is 12.7. The molecule has 0 aliphatic carbocycles. The lowest BCUT2D eigenvalue weighted by atomic mass is 9.90. The first-order valence-electron chi connectivity index (χ1n) is 12.2. The largest absolute Gasteiger partial charge is 0.490 e. The Morgan fingerprint density at radius 1 is 1.20 bits per heavy atom. The summed E-state index contributed by atoms with van der Waals surface area (Å²) in [5.74, 6) is -3.86. The van der Waals surface area contributed by atoms with Gasteiger partial charge in [0.15, 0.2) is 12.4 Å². The first kappa shape index (κ1) is 34.2. The predicted octanol–water partition coefficient (Wildman–Crippen LogP) is 4.63. The molecule has 44 heavy (non-hydrogen) atoms. The zero-order valence-corrected chi connectivity index (χ0v) is 23.9. The van der Waals surface area contributed by atoms with Gasteiger partial charge in [-0.15, -0.1) is 0 Å². The van der Waals surface area contributed by atoms with E-state index in [1.807, 2.05) is 0 Å². The highest BCUT2D eigenvalue weighted by molar-refractivity contribution is 7.95. The Morgan fingerprint density at radius 3 is 2.39 bits per heavy atom. The Bertz CT molecular complexity index is 1650. The summed E-state index contributed by atoms with van der Waals surface area (Å²) in [5.41, 5.74) is 4.95. The number of carboxylic acid groups (broad SMARTS) is 1. The highest BCUT2D eigenvalue weighted by Crippen LogP contribution is 2.41. The van der Waals surface area contributed by atoms with E-state index >= 15 is 4.39 Å². The van der Waals surface area contributed by atoms with Crippen LogP contribution in [0, 0.1) is 5.82 Å². The van der Waals surface area contributed by atoms with Crippen molar-refractivity contribution in [2.45, 2.75) is 36.7 Å². The number of nitrogens with two attached hydrogens (primary N) is 1. The number of hydrogen-bond acceptors (Lipinski definition) is 10. The molecular formula is C25H25F7N6O5S. The number of nitrogens with zero attached hydrogens (tertiary/aromatic N) is 5. The Labute approximate surface area is 245 Å². The number of alkyl halides is 6. The quantitative estimate of drug-likeness (QED) is 0.346. The predicted molar refractivity (Wildman–Crippen MR) is 143 cm³/mol. The molecule has 0 saturated heterocycles. The maximum absolute atomic E-state index is 15.1. The minimum atomic E-state index is -5.08. The summed E-state index contributed by atoms with van der Waals surface area (Å²) in [6.45, 7) is 1.23. The number of carbonyl (C=O) groups is 1. The molecule has 0 radical (unpaired) electrons. The number of ether oxygens (including phenoxy) is 1. The van der Waals surface area contributed by atoms with E-state index in [0.29, 0.717) is 5.56 Å². The van der Waals surface area contributed by atoms with Gasteiger partial charge in [0.2, 0.25) is 5.88 Å². The summed E-state index contributed by atoms with van der Waals surface area (Å²) in [7, 11) is -1.75. The Hall–Kier alpha value is -4.29. The van der Waals surface area contributed by atoms with Crippen molar-refractivity contribution in [1.82, 2.24) is 15.1 Å². The molecule has 3 N–H and O–H groups in total. The molecule has 0 unspecified atom stereocenters. The minimum Gasteiger partial charge on any atom is -0.475 e. The molecule has 19 heteroatoms. The second-order valence-electron chi connectivity index (χ2n) is 9.66. The third-order valence-corrected chi connectivity index (χ3v) is 9.71. The van der Waals surface area contributed by atoms with Gasteiger partial charge in [0.05, 0.1) is 27.9 Å². The van der Waals surface area contributed by atoms with Gasteiger partial charge in [0, 0.05) is 24.2 Å². The summed E-state index contributed by atoms with van der Waals surface area (Å²) in [6.07, 6.45) is -5.30. The SMILES string of the molecule is CN=[S@@]1(=O)C[C@@](CF)(c2cc(-c3cc(-c4cnc(OCC(F)F)cn4)no3)ccc2F)N=C(N)C1(C)C.O=C(O)C(F)(F)F. The fraction of sp³-hybridized carbons (Fsp3) is 0.400. The fourth-order valence-electron chi connectivity index (χ4n) is 3.87. The second-order valence-corrected chi connectivity index (χ2v) is 12.6. The molecule has 0 saturated carbocycles. The van der Waals surface area contributed by atoms with Crippen LogP contribution in [0.15, 0.2) is 50.5 Å². The van der Waals surface area contributed by atoms with Crippen molar-refractivity contribution < 1.29 is 54.1 Å². The molecule has 0 spiro atoms. The number of aliphatic imine (C=N–C) groups is 1. The van der Waals surface area contributed by atoms with E-state index in [1.54, 1.807) is 13.8 Å². The lowest BCUT2D eigenvalue weighted by Crippen LogP contribution is -2.56. The summed E-state index contributed by atoms with van der Waals surface area (Å²) in [5, 5.41) is 11.0. The van der Waals surface area contributed by atoms with E-state index in [0.717, 1.165) is 12.3 Å². The smallest absolute Gasteiger partial charge is 0.475 e. The number of benzene rings is 1. The van der Waals surface area contributed by atoms with Crippen molar-refractivity contribution in [1.29, 1.82) is 0 Å². The average Bonchev–Trinajstić information content (AvgIpc) is 3.45. The van der Waals surface area contributed by atoms with Crippen LogP contribution in [0.4, 0.5) is 30.7 Å². The van der Waals surface area contributed by atoms with E-state index in [1.165, 1.54) is 31.4 Å². The van der Waals surface area contributed by atoms with Crippen LogP contribution in [0.25, 0.3) is 22.7 Å². The van der Waals surface area contributed by atoms with Crippen LogP contribution < -0.4 is 10.5 Å². The number of halogens is 7. The molecule has 4 rings (SSSR count). The zero-order valence-electron chi connectivity index (χ0n) is 23.1. The highest BCUT2D eigenvalue weighted by Gasteiger charge is 2.50. The molecule has 1 aliphatic heterocycles. The molecule has 1 aliphatic rings. The van der Waals surface area contributed by atoms with E-state index in [2.05, 4.69) is 24.5 Å². The van der Waals surface area contributed by atoms with Crippen LogP contribution in [0.5, 0.6) is 5.88 Å². The van der Waals surface area contributed by atoms with Crippen LogP contribution in [-0.4, -0.2) is 79.7 Å². The van der Waals surface area contributed by atoms with Gasteiger partial charge >= 0.3 is 12.1 Å². The summed E-state index contributed by atoms with van der Waals surface area (Å²) in [6, 6.07) is 5.37. The third-order valence-electron chi connectivity index (χ3n) is 6.45. The Kier molecular flexibility index (Phi) is 9.91. The van der Waals surface area contributed by atoms with Gasteiger partial charge in [-0.05, 0) is 32.0 Å². The molecule has 0 amide bonds. The van der Waals surface area contributed by atoms with Crippen molar-refractivity contribution in [3.63, 3.8) is 0 Å². The van der Waals surface area contributed by atoms with Crippen molar-refractivity contribution in [2.75, 3.05) is 26.1 Å². The van der Waals surface area contributed by atoms with Crippen LogP contribution in [-0.2, 0) is 20.1 Å². The molecule has 0 fully saturated rings. The molecule has 3 heterocycles. The van der Waals surface area contributed by atoms with Crippen molar-refractivity contribution >= 4 is 21.5 Å². The van der Waals surface area contributed by atoms with E-state index in [-0.39, 0.29) is 40.2 Å². The van der Waals surface area contributed by atoms with Crippen LogP contribution >= 0.6 is 0 Å². The van der Waals surface area contributed by atoms with Crippen molar-refractivity contribution in [3.8, 4) is 28.6 Å². The molecule has 2 atom stereocenters. The van der Waals surface area contributed by atoms with E-state index in [9.17, 15) is 30.6 Å². The molecule has 11 nitrogen and oxygen atoms in total. The number of rotatable bonds is 7. The van der Waals surface area contributed by atoms with Crippen molar-refractivity contribution in [2.24, 2.45) is 15.1 Å². The molecule has 3 aromatic rings. The summed E-state index contributed by atoms with van der Waals surface area (Å²) < 4.78 is 113. The average molecular weight is 655 g/mol. The lowest BCUT2D eigenvalue weighted by Gasteiger charge is -2.41. The molecular weight excluding hydrogens is 629 g/mol. The van der Waals surface area contributed by atoms with Gasteiger partial charge in [-0.2, -0.15) is 13.2 Å². The van der Waals surface area contributed by atoms with Gasteiger partial charge in [0.1, 0.15) is 40.0 Å². The molecule has 0 bridgehead atoms. The number of aromatic nitrogens is 3. The molecule has 240 valence electrons. The van der Waals surface area contributed by atoms with E-state index in [4.69, 9.17) is 24.9 Å². The fourth-order valence-corrected chi connectivity index (χ4v) is 6.14. The van der Waals surface area contributed by atoms with Crippen LogP contribution in [0.2, 0.25) is 0 Å². The first-order valence-corrected chi connectivity index (χ1v) is 13.9. The number of carboxylic acids is 1. The maximum atomic E-state index is 15.1. The van der Waals surface area contributed by atoms with Crippen LogP contribution in [0.1, 0.15) is 19.4 Å². The van der Waals surface area contributed by atoms with Crippen LogP contribution in [0.3, 0.4) is 0 Å². The van der Waals surface area contributed by atoms with Gasteiger partial charge in [0.25, 0.3) is 6.43 Å². The Balaban J connectivity index is 0.000000676. The molecule has 1 aromatic carbocycles. The number of aliphatic carboxylic acids is 1. The standard InChI is InChI=1S/C23H24F4N6O3S.C2HF3O2/c1-22(2)21(28)32-23(11-24,12-37(22,34)29-3)14-6-13(4-5-15(14)25)18-7-16(33-36-18)17-8-31-20(9-30-17)35-10-19(26)27;3-2(4,5)1(6)7/h4-9,19H,10-12H2,1-3H3,(H2,28,32);(H,6,7)/t23-,37+;/m0./s1. The topological polar surface area (TPSA) is 166 Å². The zero-order chi connectivity index (χ0) is 33.1. The maximum Gasteiger partial charge on any atom is 0.490 e. The van der Waals surface area contributed by atoms with Gasteiger partial charge in [-0.25, -0.2) is 40.9 Å². The van der Waals surface area contributed by atoms with Gasteiger partial charge < -0.3 is 20.1 Å². The minimum absolute atomic E-state index is 0.0849. The molecule has 2 aromatic heterocycles. The number of amidine groups is 1. The first-order chi connectivity index (χ1) is 20.4. The van der Waals surface area contributed by atoms with Gasteiger partial charge in [-0.3, -0.25) is 4.99 Å². The van der Waals surface area contributed by atoms with E-state index < -0.39 is 57.7 Å². The normalized spacial score (nSPS) is 21.2. The lowest BCUT2D eigenvalue weighted by molar-refractivity contribution is -0.192. The van der Waals surface area contributed by atoms with Crippen molar-refractivity contribution in [3.05, 3.63) is 48.0 Å². The highest BCUT2D eigenvalue weighted by atomic mass is 32.2. The summed E-state index contributed by atoms with van der Waals surface area (Å²) >= 11 is 0.